The lowest BCUT2D eigenvalue weighted by molar-refractivity contribution is 0.219. The molecule has 0 amide bonds. The normalized spacial score (nSPS) is 13.1. The Kier molecular flexibility index (Phi) is 8.06. The fourth-order valence-electron chi connectivity index (χ4n) is 3.11. The number of nitrogens with one attached hydrogen (secondary N) is 2. The quantitative estimate of drug-likeness (QED) is 0.549. The molecule has 2 aromatic rings. The molecule has 0 spiro atoms. The van der Waals surface area contributed by atoms with Crippen LogP contribution in [0.4, 0.5) is 0 Å². The Bertz CT molecular complexity index is 691. The van der Waals surface area contributed by atoms with Crippen molar-refractivity contribution in [2.75, 3.05) is 26.7 Å². The second-order valence-electron chi connectivity index (χ2n) is 6.20. The molecule has 26 heavy (non-hydrogen) atoms. The van der Waals surface area contributed by atoms with E-state index in [1.54, 1.807) is 11.3 Å². The monoisotopic (exact) mass is 373 g/mol. The lowest BCUT2D eigenvalue weighted by Crippen LogP contribution is -2.43. The first kappa shape index (κ1) is 20.4. The lowest BCUT2D eigenvalue weighted by Gasteiger charge is -2.30. The van der Waals surface area contributed by atoms with Crippen LogP contribution in [0.1, 0.15) is 41.0 Å². The first-order valence-corrected chi connectivity index (χ1v) is 10.1. The summed E-state index contributed by atoms with van der Waals surface area (Å²) in [5.74, 6) is 0.823. The number of benzene rings is 1. The van der Waals surface area contributed by atoms with Gasteiger partial charge in [-0.05, 0) is 32.5 Å². The van der Waals surface area contributed by atoms with E-state index in [1.807, 2.05) is 14.0 Å². The van der Waals surface area contributed by atoms with Crippen molar-refractivity contribution in [3.05, 3.63) is 51.5 Å². The van der Waals surface area contributed by atoms with Crippen LogP contribution in [0.2, 0.25) is 0 Å². The van der Waals surface area contributed by atoms with E-state index in [1.165, 1.54) is 10.4 Å². The van der Waals surface area contributed by atoms with Crippen molar-refractivity contribution >= 4 is 17.3 Å². The van der Waals surface area contributed by atoms with Crippen molar-refractivity contribution < 1.29 is 0 Å². The molecule has 0 aliphatic carbocycles. The number of nitrogens with zero attached hydrogens (tertiary/aromatic N) is 3. The molecule has 1 unspecified atom stereocenters. The van der Waals surface area contributed by atoms with E-state index < -0.39 is 0 Å². The van der Waals surface area contributed by atoms with Gasteiger partial charge in [0.05, 0.1) is 23.3 Å². The highest BCUT2D eigenvalue weighted by molar-refractivity contribution is 7.11. The zero-order chi connectivity index (χ0) is 18.9. The summed E-state index contributed by atoms with van der Waals surface area (Å²) >= 11 is 1.74. The maximum Gasteiger partial charge on any atom is 0.191 e. The van der Waals surface area contributed by atoms with Gasteiger partial charge in [0.15, 0.2) is 5.96 Å². The number of aliphatic imine (C=N–C) groups is 1. The summed E-state index contributed by atoms with van der Waals surface area (Å²) in [6.07, 6.45) is 0. The lowest BCUT2D eigenvalue weighted by atomic mass is 10.1. The Labute approximate surface area is 161 Å². The van der Waals surface area contributed by atoms with Crippen molar-refractivity contribution in [3.63, 3.8) is 0 Å². The topological polar surface area (TPSA) is 52.5 Å². The summed E-state index contributed by atoms with van der Waals surface area (Å²) < 4.78 is 0. The molecule has 2 rings (SSSR count). The number of aryl methyl sites for hydroxylation is 2. The first-order valence-electron chi connectivity index (χ1n) is 9.25. The van der Waals surface area contributed by atoms with Gasteiger partial charge in [-0.2, -0.15) is 0 Å². The van der Waals surface area contributed by atoms with Crippen molar-refractivity contribution in [2.45, 2.75) is 40.3 Å². The van der Waals surface area contributed by atoms with Gasteiger partial charge in [0, 0.05) is 18.5 Å². The standard InChI is InChI=1S/C20H31N5S/c1-6-25(7-2)18(17-11-9-8-10-12-17)13-22-20(21-5)23-14-19-15(3)24-16(4)26-19/h8-12,18H,6-7,13-14H2,1-5H3,(H2,21,22,23). The molecule has 0 radical (unpaired) electrons. The van der Waals surface area contributed by atoms with Gasteiger partial charge in [-0.3, -0.25) is 9.89 Å². The molecule has 0 bridgehead atoms. The predicted molar refractivity (Wildman–Crippen MR) is 112 cm³/mol. The largest absolute Gasteiger partial charge is 0.354 e. The van der Waals surface area contributed by atoms with Gasteiger partial charge in [0.2, 0.25) is 0 Å². The third-order valence-electron chi connectivity index (χ3n) is 4.54. The van der Waals surface area contributed by atoms with Crippen LogP contribution < -0.4 is 10.6 Å². The van der Waals surface area contributed by atoms with Gasteiger partial charge in [0.1, 0.15) is 0 Å². The summed E-state index contributed by atoms with van der Waals surface area (Å²) in [5, 5.41) is 8.01. The number of hydrogen-bond donors (Lipinski definition) is 2. The average Bonchev–Trinajstić information content (AvgIpc) is 2.99. The van der Waals surface area contributed by atoms with Crippen molar-refractivity contribution in [1.82, 2.24) is 20.5 Å². The Balaban J connectivity index is 2.00. The van der Waals surface area contributed by atoms with Gasteiger partial charge >= 0.3 is 0 Å². The summed E-state index contributed by atoms with van der Waals surface area (Å²) in [5.41, 5.74) is 2.42. The van der Waals surface area contributed by atoms with Crippen LogP contribution in [0.25, 0.3) is 0 Å². The van der Waals surface area contributed by atoms with Crippen LogP contribution in [0, 0.1) is 13.8 Å². The summed E-state index contributed by atoms with van der Waals surface area (Å²) in [4.78, 5) is 12.6. The Morgan fingerprint density at radius 2 is 1.85 bits per heavy atom. The first-order chi connectivity index (χ1) is 12.6. The van der Waals surface area contributed by atoms with Crippen LogP contribution in [-0.2, 0) is 6.54 Å². The van der Waals surface area contributed by atoms with Crippen LogP contribution in [-0.4, -0.2) is 42.5 Å². The van der Waals surface area contributed by atoms with E-state index in [4.69, 9.17) is 0 Å². The molecule has 0 aliphatic rings. The molecule has 5 nitrogen and oxygen atoms in total. The van der Waals surface area contributed by atoms with Gasteiger partial charge < -0.3 is 10.6 Å². The molecule has 2 N–H and O–H groups in total. The molecule has 142 valence electrons. The summed E-state index contributed by atoms with van der Waals surface area (Å²) in [7, 11) is 1.81. The Morgan fingerprint density at radius 1 is 1.15 bits per heavy atom. The molecule has 0 aliphatic heterocycles. The van der Waals surface area contributed by atoms with Crippen LogP contribution in [0.5, 0.6) is 0 Å². The number of thiazole rings is 1. The molecule has 1 atom stereocenters. The van der Waals surface area contributed by atoms with Gasteiger partial charge in [-0.1, -0.05) is 44.2 Å². The molecule has 0 saturated carbocycles. The fraction of sp³-hybridized carbons (Fsp3) is 0.500. The number of likely N-dealkylation sites (N-methyl/N-ethyl adjacent to an activating group) is 1. The molecular formula is C20H31N5S. The van der Waals surface area contributed by atoms with E-state index in [-0.39, 0.29) is 0 Å². The van der Waals surface area contributed by atoms with E-state index in [0.717, 1.165) is 42.8 Å². The molecule has 1 heterocycles. The molecule has 6 heteroatoms. The minimum atomic E-state index is 0.317. The third-order valence-corrected chi connectivity index (χ3v) is 5.61. The zero-order valence-electron chi connectivity index (χ0n) is 16.5. The maximum atomic E-state index is 4.49. The van der Waals surface area contributed by atoms with E-state index >= 15 is 0 Å². The SMILES string of the molecule is CCN(CC)C(CNC(=NC)NCc1sc(C)nc1C)c1ccccc1. The molecular weight excluding hydrogens is 342 g/mol. The Morgan fingerprint density at radius 3 is 2.38 bits per heavy atom. The summed E-state index contributed by atoms with van der Waals surface area (Å²) in [6, 6.07) is 11.0. The van der Waals surface area contributed by atoms with Crippen molar-refractivity contribution in [3.8, 4) is 0 Å². The van der Waals surface area contributed by atoms with Crippen LogP contribution in [0.3, 0.4) is 0 Å². The van der Waals surface area contributed by atoms with Crippen LogP contribution >= 0.6 is 11.3 Å². The van der Waals surface area contributed by atoms with Crippen molar-refractivity contribution in [2.24, 2.45) is 4.99 Å². The van der Waals surface area contributed by atoms with Gasteiger partial charge in [-0.15, -0.1) is 11.3 Å². The number of aromatic nitrogens is 1. The maximum absolute atomic E-state index is 4.49. The summed E-state index contributed by atoms with van der Waals surface area (Å²) in [6.45, 7) is 12.1. The smallest absolute Gasteiger partial charge is 0.191 e. The zero-order valence-corrected chi connectivity index (χ0v) is 17.4. The minimum Gasteiger partial charge on any atom is -0.354 e. The van der Waals surface area contributed by atoms with E-state index in [9.17, 15) is 0 Å². The van der Waals surface area contributed by atoms with Crippen LogP contribution in [0.15, 0.2) is 35.3 Å². The minimum absolute atomic E-state index is 0.317. The second kappa shape index (κ2) is 10.3. The molecule has 1 aromatic carbocycles. The fourth-order valence-corrected chi connectivity index (χ4v) is 3.99. The highest BCUT2D eigenvalue weighted by atomic mass is 32.1. The molecule has 0 saturated heterocycles. The number of hydrogen-bond acceptors (Lipinski definition) is 4. The average molecular weight is 374 g/mol. The number of guanidine groups is 1. The molecule has 0 fully saturated rings. The third kappa shape index (κ3) is 5.54. The highest BCUT2D eigenvalue weighted by Crippen LogP contribution is 2.19. The van der Waals surface area contributed by atoms with Crippen molar-refractivity contribution in [1.29, 1.82) is 0 Å². The molecule has 1 aromatic heterocycles. The highest BCUT2D eigenvalue weighted by Gasteiger charge is 2.18. The van der Waals surface area contributed by atoms with E-state index in [0.29, 0.717) is 6.04 Å². The predicted octanol–water partition coefficient (Wildman–Crippen LogP) is 3.51. The number of rotatable bonds is 8. The second-order valence-corrected chi connectivity index (χ2v) is 7.48. The Hall–Kier alpha value is -1.92. The van der Waals surface area contributed by atoms with Gasteiger partial charge in [0.25, 0.3) is 0 Å². The van der Waals surface area contributed by atoms with Gasteiger partial charge in [-0.25, -0.2) is 4.98 Å². The van der Waals surface area contributed by atoms with E-state index in [2.05, 4.69) is 76.6 Å².